The maximum absolute atomic E-state index is 14.4. The van der Waals surface area contributed by atoms with E-state index in [0.717, 1.165) is 50.0 Å². The molecule has 0 unspecified atom stereocenters. The standard InChI is InChI=1S/C27H31ClF2N2O3/c1-19-15-20(9-10-21(19)28)35-18-27(16-24(33)31-12-3-2-4-13-31)11-6-14-32(17-27)26(34)25-22(29)7-5-8-23(25)30/h5,7-10,15H,2-4,6,11-14,16-18H2,1H3/t27-/m0/s1. The van der Waals surface area contributed by atoms with Crippen molar-refractivity contribution in [2.45, 2.75) is 45.4 Å². The fraction of sp³-hybridized carbons (Fsp3) is 0.481. The second-order valence-corrected chi connectivity index (χ2v) is 10.2. The van der Waals surface area contributed by atoms with Crippen molar-refractivity contribution in [2.75, 3.05) is 32.8 Å². The van der Waals surface area contributed by atoms with Crippen molar-refractivity contribution in [1.82, 2.24) is 9.80 Å². The maximum atomic E-state index is 14.4. The van der Waals surface area contributed by atoms with E-state index in [1.54, 1.807) is 12.1 Å². The fourth-order valence-electron chi connectivity index (χ4n) is 5.07. The van der Waals surface area contributed by atoms with Crippen LogP contribution >= 0.6 is 11.6 Å². The van der Waals surface area contributed by atoms with Crippen LogP contribution in [0.5, 0.6) is 5.75 Å². The van der Waals surface area contributed by atoms with Crippen molar-refractivity contribution in [1.29, 1.82) is 0 Å². The van der Waals surface area contributed by atoms with E-state index in [1.807, 2.05) is 17.9 Å². The Morgan fingerprint density at radius 1 is 1.00 bits per heavy atom. The third kappa shape index (κ3) is 5.95. The predicted octanol–water partition coefficient (Wildman–Crippen LogP) is 5.63. The van der Waals surface area contributed by atoms with E-state index >= 15 is 0 Å². The molecule has 2 saturated heterocycles. The predicted molar refractivity (Wildman–Crippen MR) is 131 cm³/mol. The zero-order chi connectivity index (χ0) is 25.0. The Morgan fingerprint density at radius 3 is 2.37 bits per heavy atom. The van der Waals surface area contributed by atoms with Crippen molar-refractivity contribution >= 4 is 23.4 Å². The number of aryl methyl sites for hydroxylation is 1. The van der Waals surface area contributed by atoms with Gasteiger partial charge in [-0.3, -0.25) is 9.59 Å². The first-order chi connectivity index (χ1) is 16.8. The summed E-state index contributed by atoms with van der Waals surface area (Å²) in [6, 6.07) is 8.77. The summed E-state index contributed by atoms with van der Waals surface area (Å²) < 4.78 is 34.9. The number of nitrogens with zero attached hydrogens (tertiary/aromatic N) is 2. The summed E-state index contributed by atoms with van der Waals surface area (Å²) in [5.74, 6) is -1.81. The quantitative estimate of drug-likeness (QED) is 0.512. The van der Waals surface area contributed by atoms with Crippen molar-refractivity contribution in [3.05, 3.63) is 64.2 Å². The highest BCUT2D eigenvalue weighted by Gasteiger charge is 2.42. The van der Waals surface area contributed by atoms with Crippen LogP contribution in [0.15, 0.2) is 36.4 Å². The average molecular weight is 505 g/mol. The third-order valence-corrected chi connectivity index (χ3v) is 7.46. The minimum atomic E-state index is -0.886. The lowest BCUT2D eigenvalue weighted by molar-refractivity contribution is -0.136. The van der Waals surface area contributed by atoms with Gasteiger partial charge >= 0.3 is 0 Å². The Kier molecular flexibility index (Phi) is 7.95. The largest absolute Gasteiger partial charge is 0.493 e. The summed E-state index contributed by atoms with van der Waals surface area (Å²) in [6.45, 7) is 4.11. The summed E-state index contributed by atoms with van der Waals surface area (Å²) in [6.07, 6.45) is 4.57. The Labute approximate surface area is 210 Å². The molecule has 1 atom stereocenters. The smallest absolute Gasteiger partial charge is 0.259 e. The molecule has 0 aromatic heterocycles. The normalized spacial score (nSPS) is 20.6. The molecule has 2 amide bonds. The van der Waals surface area contributed by atoms with Gasteiger partial charge in [-0.1, -0.05) is 17.7 Å². The summed E-state index contributed by atoms with van der Waals surface area (Å²) in [4.78, 5) is 29.8. The van der Waals surface area contributed by atoms with E-state index in [0.29, 0.717) is 30.2 Å². The van der Waals surface area contributed by atoms with E-state index in [4.69, 9.17) is 16.3 Å². The molecule has 4 rings (SSSR count). The molecule has 188 valence electrons. The SMILES string of the molecule is Cc1cc(OC[C@]2(CC(=O)N3CCCCC3)CCCN(C(=O)c3c(F)cccc3F)C2)ccc1Cl. The number of hydrogen-bond donors (Lipinski definition) is 0. The number of benzene rings is 2. The minimum Gasteiger partial charge on any atom is -0.493 e. The zero-order valence-electron chi connectivity index (χ0n) is 20.0. The summed E-state index contributed by atoms with van der Waals surface area (Å²) in [7, 11) is 0. The Morgan fingerprint density at radius 2 is 1.69 bits per heavy atom. The molecule has 2 fully saturated rings. The van der Waals surface area contributed by atoms with Gasteiger partial charge in [-0.15, -0.1) is 0 Å². The number of piperidine rings is 2. The first kappa shape index (κ1) is 25.4. The van der Waals surface area contributed by atoms with Crippen LogP contribution in [0.3, 0.4) is 0 Å². The molecule has 0 radical (unpaired) electrons. The molecule has 0 aliphatic carbocycles. The van der Waals surface area contributed by atoms with E-state index in [2.05, 4.69) is 0 Å². The van der Waals surface area contributed by atoms with Crippen LogP contribution in [-0.4, -0.2) is 54.4 Å². The molecule has 2 aromatic carbocycles. The summed E-state index contributed by atoms with van der Waals surface area (Å²) in [5, 5.41) is 0.633. The van der Waals surface area contributed by atoms with Crippen molar-refractivity contribution in [3.63, 3.8) is 0 Å². The third-order valence-electron chi connectivity index (χ3n) is 7.03. The molecule has 0 N–H and O–H groups in total. The van der Waals surface area contributed by atoms with Gasteiger partial charge in [0, 0.05) is 43.0 Å². The van der Waals surface area contributed by atoms with Crippen LogP contribution in [-0.2, 0) is 4.79 Å². The van der Waals surface area contributed by atoms with Gasteiger partial charge in [-0.05, 0) is 74.9 Å². The summed E-state index contributed by atoms with van der Waals surface area (Å²) >= 11 is 6.14. The molecule has 5 nitrogen and oxygen atoms in total. The second kappa shape index (κ2) is 10.9. The molecule has 0 bridgehead atoms. The van der Waals surface area contributed by atoms with Gasteiger partial charge in [0.2, 0.25) is 5.91 Å². The second-order valence-electron chi connectivity index (χ2n) is 9.74. The molecule has 2 aliphatic rings. The van der Waals surface area contributed by atoms with Gasteiger partial charge in [0.1, 0.15) is 22.9 Å². The van der Waals surface area contributed by atoms with E-state index < -0.39 is 28.5 Å². The number of ether oxygens (including phenoxy) is 1. The van der Waals surface area contributed by atoms with Crippen LogP contribution in [0.2, 0.25) is 5.02 Å². The van der Waals surface area contributed by atoms with Gasteiger partial charge in [-0.2, -0.15) is 0 Å². The first-order valence-electron chi connectivity index (χ1n) is 12.2. The molecule has 35 heavy (non-hydrogen) atoms. The van der Waals surface area contributed by atoms with Crippen molar-refractivity contribution in [3.8, 4) is 5.75 Å². The van der Waals surface area contributed by atoms with Gasteiger partial charge < -0.3 is 14.5 Å². The number of likely N-dealkylation sites (tertiary alicyclic amines) is 2. The highest BCUT2D eigenvalue weighted by atomic mass is 35.5. The van der Waals surface area contributed by atoms with E-state index in [9.17, 15) is 18.4 Å². The van der Waals surface area contributed by atoms with Crippen molar-refractivity contribution in [2.24, 2.45) is 5.41 Å². The van der Waals surface area contributed by atoms with Gasteiger partial charge in [0.25, 0.3) is 5.91 Å². The van der Waals surface area contributed by atoms with Gasteiger partial charge in [0.15, 0.2) is 0 Å². The number of rotatable bonds is 6. The lowest BCUT2D eigenvalue weighted by Crippen LogP contribution is -2.51. The zero-order valence-corrected chi connectivity index (χ0v) is 20.8. The Bertz CT molecular complexity index is 1070. The highest BCUT2D eigenvalue weighted by Crippen LogP contribution is 2.37. The number of halogens is 3. The lowest BCUT2D eigenvalue weighted by Gasteiger charge is -2.43. The minimum absolute atomic E-state index is 0.0342. The van der Waals surface area contributed by atoms with Crippen LogP contribution in [0, 0.1) is 24.0 Å². The first-order valence-corrected chi connectivity index (χ1v) is 12.6. The van der Waals surface area contributed by atoms with Crippen LogP contribution in [0.4, 0.5) is 8.78 Å². The fourth-order valence-corrected chi connectivity index (χ4v) is 5.19. The number of carbonyl (C=O) groups is 2. The summed E-state index contributed by atoms with van der Waals surface area (Å²) in [5.41, 5.74) is -0.351. The van der Waals surface area contributed by atoms with E-state index in [1.165, 1.54) is 11.0 Å². The molecule has 2 heterocycles. The van der Waals surface area contributed by atoms with Gasteiger partial charge in [-0.25, -0.2) is 8.78 Å². The van der Waals surface area contributed by atoms with Crippen molar-refractivity contribution < 1.29 is 23.1 Å². The monoisotopic (exact) mass is 504 g/mol. The molecule has 2 aliphatic heterocycles. The molecule has 8 heteroatoms. The van der Waals surface area contributed by atoms with Crippen LogP contribution < -0.4 is 4.74 Å². The van der Waals surface area contributed by atoms with Crippen LogP contribution in [0.1, 0.15) is 54.4 Å². The lowest BCUT2D eigenvalue weighted by atomic mass is 9.77. The van der Waals surface area contributed by atoms with Crippen LogP contribution in [0.25, 0.3) is 0 Å². The molecular formula is C27H31ClF2N2O3. The molecule has 2 aromatic rings. The number of amides is 2. The highest BCUT2D eigenvalue weighted by molar-refractivity contribution is 6.31. The average Bonchev–Trinajstić information content (AvgIpc) is 2.85. The molecule has 0 saturated carbocycles. The Balaban J connectivity index is 1.57. The van der Waals surface area contributed by atoms with E-state index in [-0.39, 0.29) is 25.5 Å². The molecule has 0 spiro atoms. The maximum Gasteiger partial charge on any atom is 0.259 e. The van der Waals surface area contributed by atoms with Gasteiger partial charge in [0.05, 0.1) is 6.61 Å². The topological polar surface area (TPSA) is 49.9 Å². The Hall–Kier alpha value is -2.67. The molecular weight excluding hydrogens is 474 g/mol. The number of hydrogen-bond acceptors (Lipinski definition) is 3. The number of carbonyl (C=O) groups excluding carboxylic acids is 2.